The molecule has 5 heteroatoms. The number of nitrogens with one attached hydrogen (secondary N) is 1. The topological polar surface area (TPSA) is 61.8 Å². The molecule has 0 unspecified atom stereocenters. The first-order valence-electron chi connectivity index (χ1n) is 11.3. The Morgan fingerprint density at radius 2 is 1.81 bits per heavy atom. The first kappa shape index (κ1) is 23.0. The van der Waals surface area contributed by atoms with Crippen molar-refractivity contribution in [3.8, 4) is 11.5 Å². The number of phenolic OH excluding ortho intramolecular Hbond substituents is 1. The number of anilines is 2. The van der Waals surface area contributed by atoms with Crippen LogP contribution in [0.4, 0.5) is 16.2 Å². The van der Waals surface area contributed by atoms with Crippen LogP contribution in [0.2, 0.25) is 0 Å². The van der Waals surface area contributed by atoms with Crippen LogP contribution >= 0.6 is 0 Å². The van der Waals surface area contributed by atoms with E-state index in [2.05, 4.69) is 5.32 Å². The van der Waals surface area contributed by atoms with Gasteiger partial charge < -0.3 is 15.2 Å². The summed E-state index contributed by atoms with van der Waals surface area (Å²) < 4.78 is 5.42. The van der Waals surface area contributed by atoms with E-state index in [0.29, 0.717) is 23.9 Å². The Labute approximate surface area is 186 Å². The second-order valence-corrected chi connectivity index (χ2v) is 9.53. The molecule has 0 bridgehead atoms. The molecule has 2 amide bonds. The zero-order valence-corrected chi connectivity index (χ0v) is 19.3. The normalized spacial score (nSPS) is 14.8. The van der Waals surface area contributed by atoms with E-state index in [1.165, 1.54) is 32.1 Å². The van der Waals surface area contributed by atoms with Crippen molar-refractivity contribution in [2.45, 2.75) is 64.7 Å². The predicted octanol–water partition coefficient (Wildman–Crippen LogP) is 6.71. The minimum Gasteiger partial charge on any atom is -0.505 e. The second-order valence-electron chi connectivity index (χ2n) is 9.53. The number of urea groups is 1. The fourth-order valence-corrected chi connectivity index (χ4v) is 4.32. The van der Waals surface area contributed by atoms with Crippen molar-refractivity contribution >= 4 is 17.4 Å². The summed E-state index contributed by atoms with van der Waals surface area (Å²) in [7, 11) is 1.59. The quantitative estimate of drug-likeness (QED) is 0.507. The highest BCUT2D eigenvalue weighted by Gasteiger charge is 2.25. The van der Waals surface area contributed by atoms with Gasteiger partial charge in [-0.15, -0.1) is 0 Å². The average Bonchev–Trinajstić information content (AvgIpc) is 2.76. The van der Waals surface area contributed by atoms with Crippen molar-refractivity contribution in [1.82, 2.24) is 0 Å². The summed E-state index contributed by atoms with van der Waals surface area (Å²) in [5, 5.41) is 13.8. The van der Waals surface area contributed by atoms with Crippen LogP contribution in [-0.4, -0.2) is 24.8 Å². The number of hydrogen-bond donors (Lipinski definition) is 2. The summed E-state index contributed by atoms with van der Waals surface area (Å²) >= 11 is 0. The smallest absolute Gasteiger partial charge is 0.326 e. The molecule has 0 aliphatic heterocycles. The number of para-hydroxylation sites is 1. The van der Waals surface area contributed by atoms with E-state index in [9.17, 15) is 9.90 Å². The molecule has 2 aromatic rings. The van der Waals surface area contributed by atoms with Gasteiger partial charge in [-0.25, -0.2) is 4.79 Å². The Balaban J connectivity index is 1.84. The average molecular weight is 425 g/mol. The molecular formula is C26H36N2O3. The Kier molecular flexibility index (Phi) is 7.47. The summed E-state index contributed by atoms with van der Waals surface area (Å²) in [5.41, 5.74) is 1.66. The van der Waals surface area contributed by atoms with Gasteiger partial charge in [-0.2, -0.15) is 0 Å². The maximum atomic E-state index is 13.4. The van der Waals surface area contributed by atoms with Crippen LogP contribution in [0.3, 0.4) is 0 Å². The molecule has 1 aliphatic rings. The lowest BCUT2D eigenvalue weighted by Gasteiger charge is -2.28. The fraction of sp³-hybridized carbons (Fsp3) is 0.500. The third-order valence-corrected chi connectivity index (χ3v) is 6.17. The van der Waals surface area contributed by atoms with E-state index >= 15 is 0 Å². The third-order valence-electron chi connectivity index (χ3n) is 6.17. The van der Waals surface area contributed by atoms with Gasteiger partial charge in [-0.05, 0) is 36.0 Å². The Morgan fingerprint density at radius 1 is 1.13 bits per heavy atom. The van der Waals surface area contributed by atoms with Crippen LogP contribution in [0.5, 0.6) is 11.5 Å². The minimum absolute atomic E-state index is 0.0851. The molecule has 1 fully saturated rings. The lowest BCUT2D eigenvalue weighted by molar-refractivity contribution is 0.255. The molecule has 5 nitrogen and oxygen atoms in total. The zero-order chi connectivity index (χ0) is 22.4. The van der Waals surface area contributed by atoms with E-state index in [-0.39, 0.29) is 17.2 Å². The molecule has 3 rings (SSSR count). The first-order valence-corrected chi connectivity index (χ1v) is 11.3. The van der Waals surface area contributed by atoms with Gasteiger partial charge in [0.15, 0.2) is 0 Å². The molecular weight excluding hydrogens is 388 g/mol. The molecule has 0 spiro atoms. The van der Waals surface area contributed by atoms with Crippen molar-refractivity contribution < 1.29 is 14.6 Å². The molecule has 0 aromatic heterocycles. The molecule has 0 atom stereocenters. The standard InChI is InChI=1S/C26H36N2O3/c1-26(2,3)22-17-21(31-4)18-23(24(22)29)27-25(30)28(20-13-9-6-10-14-20)16-15-19-11-7-5-8-12-19/h6,9-10,13-14,17-19,29H,5,7-8,11-12,15-16H2,1-4H3,(H,27,30). The number of benzene rings is 2. The number of carbonyl (C=O) groups is 1. The monoisotopic (exact) mass is 424 g/mol. The second kappa shape index (κ2) is 10.1. The van der Waals surface area contributed by atoms with Crippen molar-refractivity contribution in [2.75, 3.05) is 23.9 Å². The van der Waals surface area contributed by atoms with Gasteiger partial charge in [0.2, 0.25) is 0 Å². The third kappa shape index (κ3) is 5.93. The highest BCUT2D eigenvalue weighted by molar-refractivity contribution is 6.02. The van der Waals surface area contributed by atoms with Crippen LogP contribution in [0, 0.1) is 5.92 Å². The van der Waals surface area contributed by atoms with E-state index in [4.69, 9.17) is 4.74 Å². The van der Waals surface area contributed by atoms with Crippen molar-refractivity contribution in [2.24, 2.45) is 5.92 Å². The maximum Gasteiger partial charge on any atom is 0.326 e. The van der Waals surface area contributed by atoms with Gasteiger partial charge >= 0.3 is 6.03 Å². The lowest BCUT2D eigenvalue weighted by Crippen LogP contribution is -2.36. The van der Waals surface area contributed by atoms with Crippen LogP contribution in [0.1, 0.15) is 64.9 Å². The largest absolute Gasteiger partial charge is 0.505 e. The number of methoxy groups -OCH3 is 1. The van der Waals surface area contributed by atoms with Gasteiger partial charge in [0.1, 0.15) is 11.5 Å². The van der Waals surface area contributed by atoms with Gasteiger partial charge in [0, 0.05) is 23.9 Å². The summed E-state index contributed by atoms with van der Waals surface area (Å²) in [5.74, 6) is 1.36. The Morgan fingerprint density at radius 3 is 2.42 bits per heavy atom. The molecule has 168 valence electrons. The summed E-state index contributed by atoms with van der Waals surface area (Å²) in [6.07, 6.45) is 7.38. The SMILES string of the molecule is COc1cc(NC(=O)N(CCC2CCCCC2)c2ccccc2)c(O)c(C(C)(C)C)c1. The van der Waals surface area contributed by atoms with Gasteiger partial charge in [-0.3, -0.25) is 4.90 Å². The fourth-order valence-electron chi connectivity index (χ4n) is 4.32. The van der Waals surface area contributed by atoms with Gasteiger partial charge in [0.05, 0.1) is 12.8 Å². The first-order chi connectivity index (χ1) is 14.8. The highest BCUT2D eigenvalue weighted by atomic mass is 16.5. The molecule has 1 aliphatic carbocycles. The van der Waals surface area contributed by atoms with Gasteiger partial charge in [0.25, 0.3) is 0 Å². The highest BCUT2D eigenvalue weighted by Crippen LogP contribution is 2.40. The van der Waals surface area contributed by atoms with Crippen LogP contribution in [-0.2, 0) is 5.41 Å². The summed E-state index contributed by atoms with van der Waals surface area (Å²) in [6.45, 7) is 6.71. The van der Waals surface area contributed by atoms with Crippen molar-refractivity contribution in [1.29, 1.82) is 0 Å². The molecule has 2 N–H and O–H groups in total. The number of nitrogens with zero attached hydrogens (tertiary/aromatic N) is 1. The van der Waals surface area contributed by atoms with E-state index in [1.807, 2.05) is 57.2 Å². The van der Waals surface area contributed by atoms with Crippen LogP contribution in [0.25, 0.3) is 0 Å². The molecule has 0 radical (unpaired) electrons. The van der Waals surface area contributed by atoms with E-state index in [1.54, 1.807) is 18.1 Å². The number of hydrogen-bond acceptors (Lipinski definition) is 3. The molecule has 31 heavy (non-hydrogen) atoms. The number of amides is 2. The number of phenols is 1. The molecule has 0 saturated heterocycles. The number of carbonyl (C=O) groups excluding carboxylic acids is 1. The number of rotatable bonds is 6. The van der Waals surface area contributed by atoms with Crippen molar-refractivity contribution in [3.05, 3.63) is 48.0 Å². The summed E-state index contributed by atoms with van der Waals surface area (Å²) in [6, 6.07) is 13.0. The molecule has 0 heterocycles. The van der Waals surface area contributed by atoms with Gasteiger partial charge in [-0.1, -0.05) is 71.1 Å². The Hall–Kier alpha value is -2.69. The Bertz CT molecular complexity index is 868. The number of ether oxygens (including phenoxy) is 1. The number of aromatic hydroxyl groups is 1. The van der Waals surface area contributed by atoms with E-state index in [0.717, 1.165) is 17.7 Å². The lowest BCUT2D eigenvalue weighted by atomic mass is 9.85. The van der Waals surface area contributed by atoms with Crippen LogP contribution in [0.15, 0.2) is 42.5 Å². The summed E-state index contributed by atoms with van der Waals surface area (Å²) in [4.78, 5) is 15.1. The molecule has 1 saturated carbocycles. The van der Waals surface area contributed by atoms with Crippen LogP contribution < -0.4 is 15.0 Å². The predicted molar refractivity (Wildman–Crippen MR) is 127 cm³/mol. The maximum absolute atomic E-state index is 13.4. The molecule has 2 aromatic carbocycles. The zero-order valence-electron chi connectivity index (χ0n) is 19.3. The van der Waals surface area contributed by atoms with E-state index < -0.39 is 0 Å². The van der Waals surface area contributed by atoms with Crippen molar-refractivity contribution in [3.63, 3.8) is 0 Å². The minimum atomic E-state index is -0.293.